The second-order valence-corrected chi connectivity index (χ2v) is 9.37. The molecule has 1 aliphatic rings. The SMILES string of the molecule is CCCCCCCCCCCCCCCC(=O)OC[C@@H]1O[C@H](n2cc(F)c(=O)[nH]c2=O)C(O)C1O. The number of aromatic nitrogens is 2. The van der Waals surface area contributed by atoms with Crippen molar-refractivity contribution in [2.24, 2.45) is 0 Å². The summed E-state index contributed by atoms with van der Waals surface area (Å²) < 4.78 is 24.8. The molecule has 0 spiro atoms. The van der Waals surface area contributed by atoms with E-state index in [4.69, 9.17) is 9.47 Å². The first-order valence-electron chi connectivity index (χ1n) is 13.0. The summed E-state index contributed by atoms with van der Waals surface area (Å²) in [6.07, 6.45) is 11.0. The van der Waals surface area contributed by atoms with Crippen LogP contribution in [-0.4, -0.2) is 50.7 Å². The highest BCUT2D eigenvalue weighted by atomic mass is 19.1. The van der Waals surface area contributed by atoms with E-state index in [1.165, 1.54) is 57.8 Å². The number of unbranched alkanes of at least 4 members (excludes halogenated alkanes) is 12. The highest BCUT2D eigenvalue weighted by molar-refractivity contribution is 5.69. The lowest BCUT2D eigenvalue weighted by Gasteiger charge is -2.16. The van der Waals surface area contributed by atoms with Crippen LogP contribution in [0.3, 0.4) is 0 Å². The lowest BCUT2D eigenvalue weighted by atomic mass is 10.0. The molecule has 1 fully saturated rings. The van der Waals surface area contributed by atoms with E-state index >= 15 is 0 Å². The molecule has 0 bridgehead atoms. The maximum absolute atomic E-state index is 13.5. The minimum absolute atomic E-state index is 0.247. The van der Waals surface area contributed by atoms with Gasteiger partial charge in [-0.1, -0.05) is 84.0 Å². The van der Waals surface area contributed by atoms with Gasteiger partial charge in [-0.3, -0.25) is 19.1 Å². The van der Waals surface area contributed by atoms with Crippen molar-refractivity contribution in [3.05, 3.63) is 32.9 Å². The molecule has 9 nitrogen and oxygen atoms in total. The van der Waals surface area contributed by atoms with Crippen LogP contribution in [0.1, 0.15) is 103 Å². The normalized spacial score (nSPS) is 21.9. The van der Waals surface area contributed by atoms with Crippen molar-refractivity contribution in [1.82, 2.24) is 9.55 Å². The molecule has 2 heterocycles. The molecule has 1 aromatic heterocycles. The fourth-order valence-electron chi connectivity index (χ4n) is 4.28. The third-order valence-corrected chi connectivity index (χ3v) is 6.43. The van der Waals surface area contributed by atoms with Crippen molar-refractivity contribution in [3.8, 4) is 0 Å². The van der Waals surface area contributed by atoms with Crippen molar-refractivity contribution in [3.63, 3.8) is 0 Å². The van der Waals surface area contributed by atoms with E-state index < -0.39 is 47.6 Å². The second kappa shape index (κ2) is 15.9. The standard InChI is InChI=1S/C25H41FN2O7/c1-2-3-4-5-6-7-8-9-10-11-12-13-14-15-20(29)34-17-19-21(30)22(31)24(35-19)28-16-18(26)23(32)27-25(28)33/h16,19,21-22,24,30-31H,2-15,17H2,1H3,(H,27,32,33)/t19-,21?,22?,24-/m0/s1. The molecule has 4 atom stereocenters. The number of aliphatic hydroxyl groups is 2. The molecule has 2 unspecified atom stereocenters. The van der Waals surface area contributed by atoms with Crippen molar-refractivity contribution < 1.29 is 28.9 Å². The van der Waals surface area contributed by atoms with E-state index in [9.17, 15) is 29.0 Å². The Kier molecular flexibility index (Phi) is 13.2. The van der Waals surface area contributed by atoms with Gasteiger partial charge in [-0.2, -0.15) is 4.39 Å². The van der Waals surface area contributed by atoms with Crippen molar-refractivity contribution in [2.45, 2.75) is 121 Å². The third kappa shape index (κ3) is 9.85. The molecule has 3 N–H and O–H groups in total. The van der Waals surface area contributed by atoms with Crippen LogP contribution in [0.4, 0.5) is 4.39 Å². The Morgan fingerprint density at radius 3 is 2.09 bits per heavy atom. The topological polar surface area (TPSA) is 131 Å². The molecule has 2 rings (SSSR count). The van der Waals surface area contributed by atoms with Crippen molar-refractivity contribution in [2.75, 3.05) is 6.61 Å². The molecule has 1 saturated heterocycles. The molecule has 0 saturated carbocycles. The van der Waals surface area contributed by atoms with E-state index in [1.807, 2.05) is 0 Å². The van der Waals surface area contributed by atoms with Gasteiger partial charge in [0.25, 0.3) is 5.56 Å². The lowest BCUT2D eigenvalue weighted by molar-refractivity contribution is -0.150. The first-order valence-corrected chi connectivity index (χ1v) is 13.0. The Bertz CT molecular complexity index is 872. The first kappa shape index (κ1) is 29.2. The zero-order chi connectivity index (χ0) is 25.6. The van der Waals surface area contributed by atoms with Gasteiger partial charge >= 0.3 is 11.7 Å². The van der Waals surface area contributed by atoms with Gasteiger partial charge in [0.1, 0.15) is 24.9 Å². The van der Waals surface area contributed by atoms with Crippen molar-refractivity contribution >= 4 is 5.97 Å². The molecule has 0 aliphatic carbocycles. The number of halogens is 1. The van der Waals surface area contributed by atoms with Crippen LogP contribution in [0.15, 0.2) is 15.8 Å². The first-order chi connectivity index (χ1) is 16.8. The van der Waals surface area contributed by atoms with Crippen LogP contribution in [-0.2, 0) is 14.3 Å². The van der Waals surface area contributed by atoms with Gasteiger partial charge in [-0.25, -0.2) is 4.79 Å². The number of aliphatic hydroxyl groups excluding tert-OH is 2. The summed E-state index contributed by atoms with van der Waals surface area (Å²) >= 11 is 0. The summed E-state index contributed by atoms with van der Waals surface area (Å²) in [5.74, 6) is -1.67. The number of carbonyl (C=O) groups is 1. The highest BCUT2D eigenvalue weighted by Crippen LogP contribution is 2.28. The number of ether oxygens (including phenoxy) is 2. The van der Waals surface area contributed by atoms with Crippen LogP contribution in [0.25, 0.3) is 0 Å². The zero-order valence-corrected chi connectivity index (χ0v) is 20.8. The molecular formula is C25H41FN2O7. The molecule has 0 radical (unpaired) electrons. The van der Waals surface area contributed by atoms with E-state index in [0.717, 1.165) is 19.3 Å². The van der Waals surface area contributed by atoms with Gasteiger partial charge in [-0.05, 0) is 6.42 Å². The van der Waals surface area contributed by atoms with Gasteiger partial charge in [0.05, 0.1) is 6.20 Å². The fraction of sp³-hybridized carbons (Fsp3) is 0.800. The largest absolute Gasteiger partial charge is 0.463 e. The number of aromatic amines is 1. The second-order valence-electron chi connectivity index (χ2n) is 9.37. The number of rotatable bonds is 17. The monoisotopic (exact) mass is 500 g/mol. The van der Waals surface area contributed by atoms with E-state index in [0.29, 0.717) is 17.2 Å². The Morgan fingerprint density at radius 2 is 1.51 bits per heavy atom. The molecular weight excluding hydrogens is 459 g/mol. The molecule has 0 amide bonds. The zero-order valence-electron chi connectivity index (χ0n) is 20.8. The lowest BCUT2D eigenvalue weighted by Crippen LogP contribution is -2.38. The highest BCUT2D eigenvalue weighted by Gasteiger charge is 2.44. The predicted molar refractivity (Wildman–Crippen MR) is 128 cm³/mol. The quantitative estimate of drug-likeness (QED) is 0.221. The Labute approximate surface area is 205 Å². The molecule has 0 aromatic carbocycles. The van der Waals surface area contributed by atoms with Crippen LogP contribution in [0.2, 0.25) is 0 Å². The fourth-order valence-corrected chi connectivity index (χ4v) is 4.28. The molecule has 200 valence electrons. The van der Waals surface area contributed by atoms with Crippen LogP contribution in [0.5, 0.6) is 0 Å². The summed E-state index contributed by atoms with van der Waals surface area (Å²) in [5, 5.41) is 20.3. The number of hydrogen-bond acceptors (Lipinski definition) is 7. The van der Waals surface area contributed by atoms with E-state index in [1.54, 1.807) is 4.98 Å². The van der Waals surface area contributed by atoms with Gasteiger partial charge in [0.15, 0.2) is 6.23 Å². The Hall–Kier alpha value is -2.04. The van der Waals surface area contributed by atoms with Gasteiger partial charge < -0.3 is 19.7 Å². The van der Waals surface area contributed by atoms with E-state index in [2.05, 4.69) is 6.92 Å². The molecule has 1 aromatic rings. The number of hydrogen-bond donors (Lipinski definition) is 3. The van der Waals surface area contributed by atoms with E-state index in [-0.39, 0.29) is 13.0 Å². The molecule has 10 heteroatoms. The number of esters is 1. The smallest absolute Gasteiger partial charge is 0.330 e. The van der Waals surface area contributed by atoms with Gasteiger partial charge in [0.2, 0.25) is 5.82 Å². The Morgan fingerprint density at radius 1 is 0.971 bits per heavy atom. The predicted octanol–water partition coefficient (Wildman–Crippen LogP) is 3.32. The molecule has 1 aliphatic heterocycles. The minimum atomic E-state index is -1.57. The summed E-state index contributed by atoms with van der Waals surface area (Å²) in [4.78, 5) is 36.8. The van der Waals surface area contributed by atoms with Crippen LogP contribution in [0, 0.1) is 5.82 Å². The average Bonchev–Trinajstić information content (AvgIpc) is 3.11. The summed E-state index contributed by atoms with van der Waals surface area (Å²) in [5.41, 5.74) is -2.19. The maximum Gasteiger partial charge on any atom is 0.330 e. The van der Waals surface area contributed by atoms with Crippen molar-refractivity contribution in [1.29, 1.82) is 0 Å². The average molecular weight is 501 g/mol. The van der Waals surface area contributed by atoms with Gasteiger partial charge in [0, 0.05) is 6.42 Å². The summed E-state index contributed by atoms with van der Waals surface area (Å²) in [7, 11) is 0. The van der Waals surface area contributed by atoms with Crippen LogP contribution < -0.4 is 11.2 Å². The third-order valence-electron chi connectivity index (χ3n) is 6.43. The number of nitrogens with zero attached hydrogens (tertiary/aromatic N) is 1. The maximum atomic E-state index is 13.5. The van der Waals surface area contributed by atoms with Gasteiger partial charge in [-0.15, -0.1) is 0 Å². The summed E-state index contributed by atoms with van der Waals surface area (Å²) in [6, 6.07) is 0. The Balaban J connectivity index is 1.56. The number of nitrogens with one attached hydrogen (secondary N) is 1. The minimum Gasteiger partial charge on any atom is -0.463 e. The molecule has 35 heavy (non-hydrogen) atoms. The van der Waals surface area contributed by atoms with Crippen LogP contribution >= 0.6 is 0 Å². The summed E-state index contributed by atoms with van der Waals surface area (Å²) in [6.45, 7) is 1.92. The number of H-pyrrole nitrogens is 1. The number of carbonyl (C=O) groups excluding carboxylic acids is 1.